The van der Waals surface area contributed by atoms with Crippen molar-refractivity contribution in [2.75, 3.05) is 6.61 Å². The van der Waals surface area contributed by atoms with Gasteiger partial charge in [0.05, 0.1) is 29.6 Å². The number of para-hydroxylation sites is 1. The summed E-state index contributed by atoms with van der Waals surface area (Å²) in [5.41, 5.74) is -7.83. The molecule has 1 aliphatic heterocycles. The van der Waals surface area contributed by atoms with Crippen LogP contribution in [0.4, 0.5) is 9.59 Å². The van der Waals surface area contributed by atoms with Gasteiger partial charge in [-0.2, -0.15) is 0 Å². The average molecular weight is 967 g/mol. The van der Waals surface area contributed by atoms with E-state index in [4.69, 9.17) is 68.0 Å². The van der Waals surface area contributed by atoms with E-state index in [9.17, 15) is 29.4 Å². The molecule has 0 radical (unpaired) electrons. The Morgan fingerprint density at radius 1 is 0.923 bits per heavy atom. The Morgan fingerprint density at radius 3 is 2.06 bits per heavy atom. The maximum absolute atomic E-state index is 15.7. The summed E-state index contributed by atoms with van der Waals surface area (Å²) in [4.78, 5) is 84.8. The molecule has 1 saturated heterocycles. The van der Waals surface area contributed by atoms with Gasteiger partial charge in [0.15, 0.2) is 11.7 Å². The third-order valence-corrected chi connectivity index (χ3v) is 13.6. The van der Waals surface area contributed by atoms with Crippen molar-refractivity contribution in [1.29, 1.82) is 0 Å². The molecule has 1 amide bonds. The number of carbonyl (C=O) groups is 6. The first-order valence-electron chi connectivity index (χ1n) is 21.0. The van der Waals surface area contributed by atoms with Crippen LogP contribution in [-0.4, -0.2) is 98.0 Å². The minimum absolute atomic E-state index is 0.0541. The predicted molar refractivity (Wildman–Crippen MR) is 232 cm³/mol. The normalized spacial score (nSPS) is 31.4. The number of benzene rings is 2. The van der Waals surface area contributed by atoms with Crippen molar-refractivity contribution in [1.82, 2.24) is 5.32 Å². The molecule has 4 aliphatic rings. The lowest BCUT2D eigenvalue weighted by atomic mass is 9.41. The number of halogens is 3. The van der Waals surface area contributed by atoms with Crippen LogP contribution < -0.4 is 10.1 Å². The van der Waals surface area contributed by atoms with Crippen LogP contribution in [0.3, 0.4) is 0 Å². The molecule has 3 fully saturated rings. The van der Waals surface area contributed by atoms with Crippen LogP contribution in [0, 0.1) is 28.6 Å². The summed E-state index contributed by atoms with van der Waals surface area (Å²) < 4.78 is 37.8. The Balaban J connectivity index is 1.53. The van der Waals surface area contributed by atoms with Crippen molar-refractivity contribution in [2.24, 2.45) is 28.6 Å². The number of aliphatic hydroxyl groups is 2. The summed E-state index contributed by atoms with van der Waals surface area (Å²) in [6.45, 7) is 13.6. The predicted octanol–water partition coefficient (Wildman–Crippen LogP) is 7.02. The molecule has 6 rings (SSSR count). The molecule has 2 aromatic rings. The van der Waals surface area contributed by atoms with Crippen molar-refractivity contribution in [3.8, 4) is 5.75 Å². The highest BCUT2D eigenvalue weighted by Crippen LogP contribution is 2.67. The van der Waals surface area contributed by atoms with Crippen molar-refractivity contribution in [3.63, 3.8) is 0 Å². The molecule has 1 heterocycles. The van der Waals surface area contributed by atoms with Crippen LogP contribution in [-0.2, 0) is 47.6 Å². The van der Waals surface area contributed by atoms with Crippen LogP contribution >= 0.6 is 34.8 Å². The molecule has 65 heavy (non-hydrogen) atoms. The van der Waals surface area contributed by atoms with Gasteiger partial charge in [0, 0.05) is 37.0 Å². The highest BCUT2D eigenvalue weighted by molar-refractivity contribution is 6.66. The summed E-state index contributed by atoms with van der Waals surface area (Å²) >= 11 is 17.3. The zero-order valence-corrected chi connectivity index (χ0v) is 39.6. The number of fused-ring (bicyclic) bond motifs is 5. The maximum atomic E-state index is 15.7. The number of amides is 1. The van der Waals surface area contributed by atoms with Crippen LogP contribution in [0.1, 0.15) is 86.8 Å². The molecule has 2 bridgehead atoms. The fraction of sp³-hybridized carbons (Fsp3) is 0.565. The van der Waals surface area contributed by atoms with Gasteiger partial charge in [0.2, 0.25) is 0 Å². The number of hydrogen-bond donors (Lipinski definition) is 3. The lowest BCUT2D eigenvalue weighted by molar-refractivity contribution is -0.337. The van der Waals surface area contributed by atoms with E-state index in [-0.39, 0.29) is 24.4 Å². The number of alkyl carbamates (subject to hydrolysis) is 1. The van der Waals surface area contributed by atoms with Gasteiger partial charge in [-0.3, -0.25) is 14.4 Å². The number of carbonyl (C=O) groups excluding carboxylic acids is 6. The summed E-state index contributed by atoms with van der Waals surface area (Å²) in [6.07, 6.45) is -9.38. The van der Waals surface area contributed by atoms with E-state index in [1.165, 1.54) is 19.1 Å². The van der Waals surface area contributed by atoms with E-state index in [2.05, 4.69) is 5.32 Å². The third-order valence-electron chi connectivity index (χ3n) is 13.3. The largest absolute Gasteiger partial charge is 0.512 e. The third kappa shape index (κ3) is 9.44. The second-order valence-corrected chi connectivity index (χ2v) is 21.0. The van der Waals surface area contributed by atoms with Gasteiger partial charge < -0.3 is 48.7 Å². The molecule has 11 atom stereocenters. The molecular formula is C46H54Cl3NO15. The molecule has 2 saturated carbocycles. The van der Waals surface area contributed by atoms with Gasteiger partial charge >= 0.3 is 34.1 Å². The minimum Gasteiger partial charge on any atom is -0.456 e. The summed E-state index contributed by atoms with van der Waals surface area (Å²) in [6, 6.07) is 14.7. The molecule has 2 aromatic carbocycles. The molecular weight excluding hydrogens is 913 g/mol. The van der Waals surface area contributed by atoms with Gasteiger partial charge in [-0.1, -0.05) is 69.3 Å². The van der Waals surface area contributed by atoms with Crippen molar-refractivity contribution in [2.45, 2.75) is 126 Å². The van der Waals surface area contributed by atoms with Gasteiger partial charge in [0.1, 0.15) is 35.4 Å². The first-order chi connectivity index (χ1) is 30.1. The number of aliphatic hydroxyl groups excluding tert-OH is 1. The summed E-state index contributed by atoms with van der Waals surface area (Å²) in [5, 5.41) is 28.1. The molecule has 3 aliphatic carbocycles. The standard InChI is InChI=1S/C46H54Cl3NO15/c1-23-28(61-38(55)34(52)33(26-16-12-10-13-17-26)50-39(56)64-41(4,5)6)21-45(58)32(37(54)60-27-18-14-11-15-19-27)35-43(9,36(53)24(2)31(23)42(45,7)8)29(62-40(57)65-46(47,48)49)20-30-44(35,22-59-30)63-25(3)51/h10-19,24,28-30,32-35,52,58H,20-22H2,1-9H3,(H,50,56)/t24-,28?,29+,30?,32-,33?,34?,35+,43-,44+,45-/m1/s1. The number of hydrogen-bond acceptors (Lipinski definition) is 15. The second kappa shape index (κ2) is 18.0. The topological polar surface area (TPSA) is 220 Å². The van der Waals surface area contributed by atoms with E-state index >= 15 is 9.59 Å². The molecule has 19 heteroatoms. The van der Waals surface area contributed by atoms with Gasteiger partial charge in [-0.25, -0.2) is 14.4 Å². The van der Waals surface area contributed by atoms with Crippen LogP contribution in [0.15, 0.2) is 71.8 Å². The number of esters is 3. The van der Waals surface area contributed by atoms with E-state index < -0.39 is 122 Å². The Morgan fingerprint density at radius 2 is 1.52 bits per heavy atom. The van der Waals surface area contributed by atoms with Crippen LogP contribution in [0.2, 0.25) is 0 Å². The molecule has 16 nitrogen and oxygen atoms in total. The zero-order chi connectivity index (χ0) is 48.2. The van der Waals surface area contributed by atoms with Gasteiger partial charge in [-0.15, -0.1) is 0 Å². The lowest BCUT2D eigenvalue weighted by Crippen LogP contribution is -2.80. The van der Waals surface area contributed by atoms with Gasteiger partial charge in [-0.05, 0) is 98.3 Å². The number of rotatable bonds is 9. The summed E-state index contributed by atoms with van der Waals surface area (Å²) in [5.74, 6) is -8.38. The number of alkyl halides is 3. The summed E-state index contributed by atoms with van der Waals surface area (Å²) in [7, 11) is 0. The van der Waals surface area contributed by atoms with E-state index in [0.29, 0.717) is 11.1 Å². The van der Waals surface area contributed by atoms with Crippen LogP contribution in [0.5, 0.6) is 5.75 Å². The van der Waals surface area contributed by atoms with Crippen molar-refractivity contribution < 1.29 is 72.1 Å². The monoisotopic (exact) mass is 965 g/mol. The Labute approximate surface area is 391 Å². The fourth-order valence-corrected chi connectivity index (χ4v) is 10.8. The maximum Gasteiger partial charge on any atom is 0.512 e. The SMILES string of the molecule is CC(=O)O[C@@]12COC1C[C@H](OC(=O)OC(Cl)(Cl)Cl)[C@@]1(C)C(=O)[C@H](C)C3=C(C)C(OC(=O)C(O)C(NC(=O)OC(C)(C)C)c4ccccc4)C[C@@](O)([C@@H](C(=O)Oc4ccccc4)[C@@H]12)C3(C)C. The Bertz CT molecular complexity index is 2230. The highest BCUT2D eigenvalue weighted by Gasteiger charge is 2.79. The fourth-order valence-electron chi connectivity index (χ4n) is 10.6. The van der Waals surface area contributed by atoms with E-state index in [0.717, 1.165) is 6.92 Å². The first kappa shape index (κ1) is 50.0. The van der Waals surface area contributed by atoms with Gasteiger partial charge in [0.25, 0.3) is 0 Å². The van der Waals surface area contributed by atoms with E-state index in [1.54, 1.807) is 97.0 Å². The highest BCUT2D eigenvalue weighted by atomic mass is 35.6. The molecule has 0 spiro atoms. The molecule has 0 aromatic heterocycles. The quantitative estimate of drug-likeness (QED) is 0.0756. The number of ether oxygens (including phenoxy) is 7. The zero-order valence-electron chi connectivity index (χ0n) is 37.3. The van der Waals surface area contributed by atoms with Crippen LogP contribution in [0.25, 0.3) is 0 Å². The Kier molecular flexibility index (Phi) is 13.8. The van der Waals surface area contributed by atoms with E-state index in [1.807, 2.05) is 0 Å². The second-order valence-electron chi connectivity index (χ2n) is 18.8. The molecule has 4 unspecified atom stereocenters. The number of nitrogens with one attached hydrogen (secondary N) is 1. The minimum atomic E-state index is -2.58. The lowest BCUT2D eigenvalue weighted by Gasteiger charge is -2.67. The smallest absolute Gasteiger partial charge is 0.456 e. The first-order valence-corrected chi connectivity index (χ1v) is 22.2. The Hall–Kier alpha value is -4.45. The number of ketones is 1. The van der Waals surface area contributed by atoms with Crippen molar-refractivity contribution in [3.05, 3.63) is 77.4 Å². The molecule has 354 valence electrons. The average Bonchev–Trinajstić information content (AvgIpc) is 3.18. The number of Topliss-reactive ketones (excluding diaryl/α,β-unsaturated/α-hetero) is 1. The van der Waals surface area contributed by atoms with Crippen molar-refractivity contribution >= 4 is 70.7 Å². The molecule has 3 N–H and O–H groups in total.